The van der Waals surface area contributed by atoms with Crippen molar-refractivity contribution in [3.05, 3.63) is 66.0 Å². The molecule has 132 valence electrons. The van der Waals surface area contributed by atoms with Crippen LogP contribution in [-0.2, 0) is 11.5 Å². The minimum atomic E-state index is -2.48. The molecule has 0 atom stereocenters. The molecule has 1 aromatic carbocycles. The summed E-state index contributed by atoms with van der Waals surface area (Å²) in [6.07, 6.45) is 3.29. The lowest BCUT2D eigenvalue weighted by Crippen LogP contribution is -1.93. The summed E-state index contributed by atoms with van der Waals surface area (Å²) in [5.74, 6) is 3.48. The molecule has 0 saturated heterocycles. The number of rotatable bonds is 8. The van der Waals surface area contributed by atoms with Crippen LogP contribution in [-0.4, -0.2) is 9.79 Å². The van der Waals surface area contributed by atoms with Gasteiger partial charge in [0.1, 0.15) is 17.3 Å². The lowest BCUT2D eigenvalue weighted by Gasteiger charge is -2.16. The molecule has 0 radical (unpaired) electrons. The lowest BCUT2D eigenvalue weighted by atomic mass is 10.2. The Morgan fingerprint density at radius 3 is 2.04 bits per heavy atom. The zero-order valence-corrected chi connectivity index (χ0v) is 15.9. The van der Waals surface area contributed by atoms with E-state index in [1.807, 2.05) is 37.3 Å². The molecule has 0 aliphatic heterocycles. The minimum absolute atomic E-state index is 0.459. The van der Waals surface area contributed by atoms with E-state index < -0.39 is 8.60 Å². The third-order valence-corrected chi connectivity index (χ3v) is 6.19. The fourth-order valence-corrected chi connectivity index (χ4v) is 4.91. The van der Waals surface area contributed by atoms with Gasteiger partial charge in [-0.3, -0.25) is 0 Å². The molecule has 0 amide bonds. The molecule has 5 nitrogen and oxygen atoms in total. The first-order valence-electron chi connectivity index (χ1n) is 7.43. The van der Waals surface area contributed by atoms with Gasteiger partial charge in [-0.25, -0.2) is 0 Å². The van der Waals surface area contributed by atoms with Crippen LogP contribution in [0.2, 0.25) is 0 Å². The Morgan fingerprint density at radius 1 is 0.920 bits per heavy atom. The van der Waals surface area contributed by atoms with E-state index in [4.69, 9.17) is 13.4 Å². The molecule has 8 heteroatoms. The first-order valence-corrected chi connectivity index (χ1v) is 10.6. The van der Waals surface area contributed by atoms with Crippen molar-refractivity contribution in [2.24, 2.45) is 0 Å². The Kier molecular flexibility index (Phi) is 6.51. The van der Waals surface area contributed by atoms with Crippen LogP contribution in [0.15, 0.2) is 67.5 Å². The molecule has 0 bridgehead atoms. The molecular weight excluding hydrogens is 379 g/mol. The lowest BCUT2D eigenvalue weighted by molar-refractivity contribution is 0.370. The van der Waals surface area contributed by atoms with E-state index in [0.717, 1.165) is 26.9 Å². The highest BCUT2D eigenvalue weighted by Gasteiger charge is 2.17. The molecule has 0 saturated carbocycles. The highest BCUT2D eigenvalue weighted by molar-refractivity contribution is 8.01. The van der Waals surface area contributed by atoms with E-state index in [0.29, 0.717) is 17.3 Å². The maximum atomic E-state index is 9.27. The van der Waals surface area contributed by atoms with E-state index >= 15 is 0 Å². The van der Waals surface area contributed by atoms with Crippen molar-refractivity contribution in [2.75, 3.05) is 0 Å². The van der Waals surface area contributed by atoms with Gasteiger partial charge < -0.3 is 23.1 Å². The summed E-state index contributed by atoms with van der Waals surface area (Å²) in [5.41, 5.74) is 1.09. The number of hydrogen-bond acceptors (Lipinski definition) is 7. The standard InChI is InChI=1S/C17H17O5PS2/c1-12-6-7-15(22-23(18)19)17(25-11-14-5-3-9-21-14)16(12)24-10-13-4-2-8-20-13/h2-9,18-19H,10-11H2,1H3. The molecule has 0 aliphatic carbocycles. The van der Waals surface area contributed by atoms with Crippen LogP contribution in [0.3, 0.4) is 0 Å². The van der Waals surface area contributed by atoms with Gasteiger partial charge in [-0.2, -0.15) is 0 Å². The molecule has 25 heavy (non-hydrogen) atoms. The van der Waals surface area contributed by atoms with Gasteiger partial charge in [0.05, 0.1) is 28.9 Å². The third-order valence-electron chi connectivity index (χ3n) is 3.33. The third kappa shape index (κ3) is 5.06. The predicted octanol–water partition coefficient (Wildman–Crippen LogP) is 5.36. The second kappa shape index (κ2) is 8.83. The highest BCUT2D eigenvalue weighted by atomic mass is 32.2. The molecule has 2 N–H and O–H groups in total. The van der Waals surface area contributed by atoms with Gasteiger partial charge in [-0.1, -0.05) is 6.07 Å². The molecule has 0 unspecified atom stereocenters. The van der Waals surface area contributed by atoms with Crippen LogP contribution >= 0.6 is 32.1 Å². The zero-order valence-electron chi connectivity index (χ0n) is 13.4. The van der Waals surface area contributed by atoms with Gasteiger partial charge in [0.25, 0.3) is 0 Å². The van der Waals surface area contributed by atoms with Crippen molar-refractivity contribution in [1.29, 1.82) is 0 Å². The van der Waals surface area contributed by atoms with Gasteiger partial charge in [-0.05, 0) is 42.8 Å². The van der Waals surface area contributed by atoms with Crippen LogP contribution in [0.5, 0.6) is 5.75 Å². The second-order valence-corrected chi connectivity index (χ2v) is 7.78. The van der Waals surface area contributed by atoms with Crippen molar-refractivity contribution >= 4 is 32.1 Å². The SMILES string of the molecule is Cc1ccc(OP(O)O)c(SCc2ccco2)c1SCc1ccco1. The van der Waals surface area contributed by atoms with E-state index in [-0.39, 0.29) is 0 Å². The monoisotopic (exact) mass is 396 g/mol. The predicted molar refractivity (Wildman–Crippen MR) is 99.7 cm³/mol. The molecule has 0 aliphatic rings. The molecule has 0 fully saturated rings. The van der Waals surface area contributed by atoms with Gasteiger partial charge in [0.15, 0.2) is 0 Å². The maximum Gasteiger partial charge on any atom is 0.391 e. The van der Waals surface area contributed by atoms with Crippen LogP contribution in [0.1, 0.15) is 17.1 Å². The maximum absolute atomic E-state index is 9.27. The first-order chi connectivity index (χ1) is 12.1. The topological polar surface area (TPSA) is 76.0 Å². The summed E-state index contributed by atoms with van der Waals surface area (Å²) >= 11 is 3.17. The van der Waals surface area contributed by atoms with Crippen LogP contribution < -0.4 is 4.52 Å². The highest BCUT2D eigenvalue weighted by Crippen LogP contribution is 2.45. The molecular formula is C17H17O5PS2. The number of hydrogen-bond donors (Lipinski definition) is 2. The van der Waals surface area contributed by atoms with Crippen molar-refractivity contribution < 1.29 is 23.1 Å². The van der Waals surface area contributed by atoms with E-state index in [9.17, 15) is 9.79 Å². The van der Waals surface area contributed by atoms with E-state index in [2.05, 4.69) is 0 Å². The fraction of sp³-hybridized carbons (Fsp3) is 0.176. The molecule has 0 spiro atoms. The second-order valence-electron chi connectivity index (χ2n) is 5.12. The van der Waals surface area contributed by atoms with Crippen LogP contribution in [0.25, 0.3) is 0 Å². The van der Waals surface area contributed by atoms with Gasteiger partial charge in [-0.15, -0.1) is 23.5 Å². The smallest absolute Gasteiger partial charge is 0.391 e. The van der Waals surface area contributed by atoms with Crippen LogP contribution in [0, 0.1) is 6.92 Å². The molecule has 2 heterocycles. The summed E-state index contributed by atoms with van der Waals surface area (Å²) in [6, 6.07) is 11.2. The first kappa shape index (κ1) is 18.4. The van der Waals surface area contributed by atoms with Gasteiger partial charge >= 0.3 is 8.60 Å². The number of aryl methyl sites for hydroxylation is 1. The zero-order chi connectivity index (χ0) is 17.6. The Morgan fingerprint density at radius 2 is 1.52 bits per heavy atom. The Hall–Kier alpha value is -1.37. The summed E-state index contributed by atoms with van der Waals surface area (Å²) in [6.45, 7) is 2.02. The average Bonchev–Trinajstić information content (AvgIpc) is 3.26. The summed E-state index contributed by atoms with van der Waals surface area (Å²) in [7, 11) is -2.48. The largest absolute Gasteiger partial charge is 0.468 e. The van der Waals surface area contributed by atoms with E-state index in [1.165, 1.54) is 0 Å². The minimum Gasteiger partial charge on any atom is -0.468 e. The quantitative estimate of drug-likeness (QED) is 0.392. The number of thioether (sulfide) groups is 2. The Balaban J connectivity index is 1.86. The number of benzene rings is 1. The Bertz CT molecular complexity index is 788. The Labute approximate surface area is 155 Å². The molecule has 3 aromatic rings. The number of furan rings is 2. The van der Waals surface area contributed by atoms with Crippen molar-refractivity contribution in [3.63, 3.8) is 0 Å². The summed E-state index contributed by atoms with van der Waals surface area (Å²) < 4.78 is 16.0. The summed E-state index contributed by atoms with van der Waals surface area (Å²) in [4.78, 5) is 20.4. The van der Waals surface area contributed by atoms with Gasteiger partial charge in [0.2, 0.25) is 0 Å². The molecule has 3 rings (SSSR count). The normalized spacial score (nSPS) is 11.2. The summed E-state index contributed by atoms with van der Waals surface area (Å²) in [5, 5.41) is 0. The van der Waals surface area contributed by atoms with Crippen molar-refractivity contribution in [2.45, 2.75) is 28.2 Å². The van der Waals surface area contributed by atoms with Crippen LogP contribution in [0.4, 0.5) is 0 Å². The van der Waals surface area contributed by atoms with Crippen molar-refractivity contribution in [3.8, 4) is 5.75 Å². The van der Waals surface area contributed by atoms with Crippen molar-refractivity contribution in [1.82, 2.24) is 0 Å². The molecule has 2 aromatic heterocycles. The fourth-order valence-electron chi connectivity index (χ4n) is 2.19. The average molecular weight is 396 g/mol. The van der Waals surface area contributed by atoms with E-state index in [1.54, 1.807) is 42.1 Å². The van der Waals surface area contributed by atoms with Gasteiger partial charge in [0, 0.05) is 4.90 Å².